The summed E-state index contributed by atoms with van der Waals surface area (Å²) in [5, 5.41) is 3.76. The van der Waals surface area contributed by atoms with Crippen molar-refractivity contribution in [1.29, 1.82) is 0 Å². The van der Waals surface area contributed by atoms with Crippen molar-refractivity contribution in [2.75, 3.05) is 11.5 Å². The highest BCUT2D eigenvalue weighted by molar-refractivity contribution is 7.99. The molecule has 0 aromatic rings. The van der Waals surface area contributed by atoms with Crippen molar-refractivity contribution in [2.45, 2.75) is 50.2 Å². The fraction of sp³-hybridized carbons (Fsp3) is 1.00. The molecule has 2 saturated heterocycles. The molecule has 1 unspecified atom stereocenters. The molecule has 0 saturated carbocycles. The highest BCUT2D eigenvalue weighted by Crippen LogP contribution is 2.38. The van der Waals surface area contributed by atoms with Gasteiger partial charge in [0.1, 0.15) is 0 Å². The second kappa shape index (κ2) is 3.14. The maximum absolute atomic E-state index is 6.15. The van der Waals surface area contributed by atoms with E-state index >= 15 is 0 Å². The van der Waals surface area contributed by atoms with Gasteiger partial charge in [-0.3, -0.25) is 0 Å². The summed E-state index contributed by atoms with van der Waals surface area (Å²) in [6.45, 7) is 4.46. The molecule has 2 heterocycles. The molecule has 0 amide bonds. The van der Waals surface area contributed by atoms with Gasteiger partial charge in [0.2, 0.25) is 0 Å². The lowest BCUT2D eigenvalue weighted by Crippen LogP contribution is -2.52. The van der Waals surface area contributed by atoms with E-state index in [1.165, 1.54) is 30.8 Å². The topological polar surface area (TPSA) is 38.0 Å². The number of nitrogens with one attached hydrogen (secondary N) is 1. The average molecular weight is 200 g/mol. The van der Waals surface area contributed by atoms with Crippen molar-refractivity contribution in [2.24, 2.45) is 5.73 Å². The fourth-order valence-corrected chi connectivity index (χ4v) is 3.87. The summed E-state index contributed by atoms with van der Waals surface area (Å²) in [6, 6.07) is 0.329. The number of thioether (sulfide) groups is 1. The molecule has 0 aliphatic carbocycles. The van der Waals surface area contributed by atoms with E-state index in [1.807, 2.05) is 0 Å². The molecular formula is C10H20N2S. The Morgan fingerprint density at radius 1 is 1.31 bits per heavy atom. The molecule has 0 radical (unpaired) electrons. The molecule has 2 fully saturated rings. The minimum absolute atomic E-state index is 0.141. The molecule has 3 heteroatoms. The van der Waals surface area contributed by atoms with E-state index in [0.717, 1.165) is 0 Å². The van der Waals surface area contributed by atoms with Crippen LogP contribution in [0.15, 0.2) is 0 Å². The third-order valence-electron chi connectivity index (χ3n) is 3.57. The molecule has 76 valence electrons. The summed E-state index contributed by atoms with van der Waals surface area (Å²) >= 11 is 2.08. The molecule has 2 aliphatic rings. The van der Waals surface area contributed by atoms with E-state index in [-0.39, 0.29) is 5.54 Å². The number of nitrogens with two attached hydrogens (primary N) is 1. The standard InChI is InChI=1S/C10H20N2S/c1-9(2)8(11)7-10(12-9)3-5-13-6-4-10/h8,12H,3-7,11H2,1-2H3. The van der Waals surface area contributed by atoms with Gasteiger partial charge >= 0.3 is 0 Å². The van der Waals surface area contributed by atoms with Gasteiger partial charge in [-0.05, 0) is 44.6 Å². The smallest absolute Gasteiger partial charge is 0.0281 e. The van der Waals surface area contributed by atoms with E-state index in [1.54, 1.807) is 0 Å². The first kappa shape index (κ1) is 9.81. The lowest BCUT2D eigenvalue weighted by atomic mass is 9.89. The molecular weight excluding hydrogens is 180 g/mol. The Morgan fingerprint density at radius 2 is 1.92 bits per heavy atom. The molecule has 0 aromatic heterocycles. The van der Waals surface area contributed by atoms with E-state index in [2.05, 4.69) is 30.9 Å². The first-order valence-electron chi connectivity index (χ1n) is 5.17. The minimum atomic E-state index is 0.141. The first-order chi connectivity index (χ1) is 6.04. The van der Waals surface area contributed by atoms with Gasteiger partial charge in [-0.15, -0.1) is 0 Å². The predicted octanol–water partition coefficient (Wildman–Crippen LogP) is 1.35. The zero-order chi connectivity index (χ0) is 9.53. The molecule has 0 bridgehead atoms. The van der Waals surface area contributed by atoms with Gasteiger partial charge in [0.05, 0.1) is 0 Å². The number of rotatable bonds is 0. The average Bonchev–Trinajstić information content (AvgIpc) is 2.23. The Morgan fingerprint density at radius 3 is 2.38 bits per heavy atom. The maximum atomic E-state index is 6.15. The third-order valence-corrected chi connectivity index (χ3v) is 4.56. The van der Waals surface area contributed by atoms with E-state index in [4.69, 9.17) is 5.73 Å². The van der Waals surface area contributed by atoms with Crippen molar-refractivity contribution in [3.8, 4) is 0 Å². The Balaban J connectivity index is 2.10. The van der Waals surface area contributed by atoms with E-state index < -0.39 is 0 Å². The van der Waals surface area contributed by atoms with Crippen molar-refractivity contribution < 1.29 is 0 Å². The second-order valence-electron chi connectivity index (χ2n) is 5.05. The Kier molecular flexibility index (Phi) is 2.37. The lowest BCUT2D eigenvalue weighted by molar-refractivity contribution is 0.299. The van der Waals surface area contributed by atoms with Crippen molar-refractivity contribution >= 4 is 11.8 Å². The van der Waals surface area contributed by atoms with Crippen LogP contribution < -0.4 is 11.1 Å². The summed E-state index contributed by atoms with van der Waals surface area (Å²) in [4.78, 5) is 0. The van der Waals surface area contributed by atoms with Gasteiger partial charge in [0.25, 0.3) is 0 Å². The zero-order valence-corrected chi connectivity index (χ0v) is 9.41. The maximum Gasteiger partial charge on any atom is 0.0281 e. The molecule has 0 aromatic carbocycles. The summed E-state index contributed by atoms with van der Waals surface area (Å²) in [5.41, 5.74) is 6.67. The van der Waals surface area contributed by atoms with E-state index in [0.29, 0.717) is 11.6 Å². The normalized spacial score (nSPS) is 36.7. The van der Waals surface area contributed by atoms with Gasteiger partial charge in [0, 0.05) is 17.1 Å². The lowest BCUT2D eigenvalue weighted by Gasteiger charge is -2.35. The van der Waals surface area contributed by atoms with Gasteiger partial charge in [-0.1, -0.05) is 0 Å². The number of hydrogen-bond donors (Lipinski definition) is 2. The van der Waals surface area contributed by atoms with Gasteiger partial charge in [-0.25, -0.2) is 0 Å². The van der Waals surface area contributed by atoms with Crippen LogP contribution in [0.5, 0.6) is 0 Å². The second-order valence-corrected chi connectivity index (χ2v) is 6.27. The van der Waals surface area contributed by atoms with Crippen molar-refractivity contribution in [3.63, 3.8) is 0 Å². The van der Waals surface area contributed by atoms with Crippen LogP contribution in [0.3, 0.4) is 0 Å². The van der Waals surface area contributed by atoms with Crippen molar-refractivity contribution in [1.82, 2.24) is 5.32 Å². The quantitative estimate of drug-likeness (QED) is 0.620. The highest BCUT2D eigenvalue weighted by atomic mass is 32.2. The Labute approximate surface area is 85.0 Å². The molecule has 1 atom stereocenters. The fourth-order valence-electron chi connectivity index (χ4n) is 2.59. The first-order valence-corrected chi connectivity index (χ1v) is 6.32. The molecule has 2 aliphatic heterocycles. The van der Waals surface area contributed by atoms with Crippen LogP contribution in [0.1, 0.15) is 33.1 Å². The molecule has 2 nitrogen and oxygen atoms in total. The minimum Gasteiger partial charge on any atom is -0.326 e. The van der Waals surface area contributed by atoms with Crippen molar-refractivity contribution in [3.05, 3.63) is 0 Å². The van der Waals surface area contributed by atoms with Crippen LogP contribution >= 0.6 is 11.8 Å². The largest absolute Gasteiger partial charge is 0.326 e. The molecule has 13 heavy (non-hydrogen) atoms. The predicted molar refractivity (Wildman–Crippen MR) is 59.1 cm³/mol. The van der Waals surface area contributed by atoms with Gasteiger partial charge in [-0.2, -0.15) is 11.8 Å². The zero-order valence-electron chi connectivity index (χ0n) is 8.60. The summed E-state index contributed by atoms with van der Waals surface area (Å²) in [6.07, 6.45) is 3.77. The summed E-state index contributed by atoms with van der Waals surface area (Å²) in [7, 11) is 0. The number of hydrogen-bond acceptors (Lipinski definition) is 3. The summed E-state index contributed by atoms with van der Waals surface area (Å²) < 4.78 is 0. The van der Waals surface area contributed by atoms with Crippen LogP contribution in [0.25, 0.3) is 0 Å². The van der Waals surface area contributed by atoms with Gasteiger partial charge < -0.3 is 11.1 Å². The van der Waals surface area contributed by atoms with Crippen LogP contribution in [-0.2, 0) is 0 Å². The van der Waals surface area contributed by atoms with E-state index in [9.17, 15) is 0 Å². The van der Waals surface area contributed by atoms with Crippen LogP contribution in [0.2, 0.25) is 0 Å². The summed E-state index contributed by atoms with van der Waals surface area (Å²) in [5.74, 6) is 2.60. The Bertz CT molecular complexity index is 197. The van der Waals surface area contributed by atoms with Crippen LogP contribution in [0.4, 0.5) is 0 Å². The van der Waals surface area contributed by atoms with Crippen LogP contribution in [0, 0.1) is 0 Å². The Hall–Kier alpha value is 0.270. The third kappa shape index (κ3) is 1.74. The molecule has 2 rings (SSSR count). The molecule has 1 spiro atoms. The van der Waals surface area contributed by atoms with Crippen LogP contribution in [-0.4, -0.2) is 28.6 Å². The monoisotopic (exact) mass is 200 g/mol. The van der Waals surface area contributed by atoms with Gasteiger partial charge in [0.15, 0.2) is 0 Å². The molecule has 3 N–H and O–H groups in total. The SMILES string of the molecule is CC1(C)NC2(CCSCC2)CC1N. The highest BCUT2D eigenvalue weighted by Gasteiger charge is 2.47.